The minimum atomic E-state index is 0.605. The molecule has 2 aromatic rings. The van der Waals surface area contributed by atoms with Gasteiger partial charge in [-0.15, -0.1) is 5.10 Å². The third kappa shape index (κ3) is 3.69. The van der Waals surface area contributed by atoms with Gasteiger partial charge in [-0.05, 0) is 36.8 Å². The molecule has 0 unspecified atom stereocenters. The van der Waals surface area contributed by atoms with Crippen molar-refractivity contribution >= 4 is 29.0 Å². The predicted octanol–water partition coefficient (Wildman–Crippen LogP) is 3.41. The summed E-state index contributed by atoms with van der Waals surface area (Å²) in [5, 5.41) is 9.61. The van der Waals surface area contributed by atoms with Crippen LogP contribution in [-0.4, -0.2) is 41.3 Å². The van der Waals surface area contributed by atoms with Crippen LogP contribution < -0.4 is 4.90 Å². The highest BCUT2D eigenvalue weighted by molar-refractivity contribution is 6.42. The van der Waals surface area contributed by atoms with Gasteiger partial charge in [-0.25, -0.2) is 0 Å². The molecule has 1 aliphatic heterocycles. The molecule has 3 rings (SSSR count). The topological polar surface area (TPSA) is 32.3 Å². The molecular weight excluding hydrogens is 319 g/mol. The lowest BCUT2D eigenvalue weighted by molar-refractivity contribution is 0.249. The van der Waals surface area contributed by atoms with E-state index < -0.39 is 0 Å². The first-order valence-electron chi connectivity index (χ1n) is 7.33. The molecule has 1 aromatic carbocycles. The Labute approximate surface area is 140 Å². The Balaban J connectivity index is 1.57. The second kappa shape index (κ2) is 6.82. The van der Waals surface area contributed by atoms with E-state index in [4.69, 9.17) is 23.2 Å². The molecule has 2 heterocycles. The van der Waals surface area contributed by atoms with E-state index in [1.807, 2.05) is 37.3 Å². The van der Waals surface area contributed by atoms with Crippen LogP contribution >= 0.6 is 23.2 Å². The Morgan fingerprint density at radius 3 is 2.36 bits per heavy atom. The first-order chi connectivity index (χ1) is 10.6. The Morgan fingerprint density at radius 1 is 0.955 bits per heavy atom. The van der Waals surface area contributed by atoms with E-state index in [1.165, 1.54) is 5.56 Å². The minimum Gasteiger partial charge on any atom is -0.353 e. The average molecular weight is 337 g/mol. The molecule has 1 fully saturated rings. The van der Waals surface area contributed by atoms with Crippen molar-refractivity contribution in [2.45, 2.75) is 13.5 Å². The number of aromatic nitrogens is 2. The number of nitrogens with zero attached hydrogens (tertiary/aromatic N) is 4. The first kappa shape index (κ1) is 15.5. The fraction of sp³-hybridized carbons (Fsp3) is 0.375. The van der Waals surface area contributed by atoms with Gasteiger partial charge >= 0.3 is 0 Å². The molecule has 4 nitrogen and oxygen atoms in total. The van der Waals surface area contributed by atoms with E-state index in [2.05, 4.69) is 20.0 Å². The van der Waals surface area contributed by atoms with Gasteiger partial charge in [-0.2, -0.15) is 5.10 Å². The maximum Gasteiger partial charge on any atom is 0.151 e. The average Bonchev–Trinajstić information content (AvgIpc) is 2.53. The van der Waals surface area contributed by atoms with Gasteiger partial charge in [0.2, 0.25) is 0 Å². The summed E-state index contributed by atoms with van der Waals surface area (Å²) in [6, 6.07) is 9.88. The summed E-state index contributed by atoms with van der Waals surface area (Å²) < 4.78 is 0. The molecule has 0 bridgehead atoms. The molecule has 22 heavy (non-hydrogen) atoms. The van der Waals surface area contributed by atoms with Gasteiger partial charge in [0.15, 0.2) is 5.82 Å². The summed E-state index contributed by atoms with van der Waals surface area (Å²) >= 11 is 12.0. The van der Waals surface area contributed by atoms with Crippen LogP contribution in [-0.2, 0) is 6.54 Å². The van der Waals surface area contributed by atoms with Gasteiger partial charge in [-0.1, -0.05) is 29.3 Å². The quantitative estimate of drug-likeness (QED) is 0.859. The minimum absolute atomic E-state index is 0.605. The fourth-order valence-electron chi connectivity index (χ4n) is 2.59. The van der Waals surface area contributed by atoms with Crippen molar-refractivity contribution in [2.75, 3.05) is 31.1 Å². The summed E-state index contributed by atoms with van der Waals surface area (Å²) in [7, 11) is 0. The second-order valence-corrected chi connectivity index (χ2v) is 6.36. The Bertz CT molecular complexity index is 637. The summed E-state index contributed by atoms with van der Waals surface area (Å²) in [6.07, 6.45) is 0. The summed E-state index contributed by atoms with van der Waals surface area (Å²) in [5.41, 5.74) is 2.14. The SMILES string of the molecule is Cc1ccc(N2CCN(Cc3ccc(Cl)c(Cl)c3)CC2)nn1. The van der Waals surface area contributed by atoms with Gasteiger partial charge < -0.3 is 4.90 Å². The monoisotopic (exact) mass is 336 g/mol. The maximum absolute atomic E-state index is 6.07. The van der Waals surface area contributed by atoms with E-state index in [1.54, 1.807) is 0 Å². The fourth-order valence-corrected chi connectivity index (χ4v) is 2.91. The lowest BCUT2D eigenvalue weighted by Crippen LogP contribution is -2.46. The number of rotatable bonds is 3. The standard InChI is InChI=1S/C16H18Cl2N4/c1-12-2-5-16(20-19-12)22-8-6-21(7-9-22)11-13-3-4-14(17)15(18)10-13/h2-5,10H,6-9,11H2,1H3. The second-order valence-electron chi connectivity index (χ2n) is 5.54. The number of halogens is 2. The highest BCUT2D eigenvalue weighted by Gasteiger charge is 2.18. The third-order valence-electron chi connectivity index (χ3n) is 3.87. The van der Waals surface area contributed by atoms with Crippen LogP contribution in [0, 0.1) is 6.92 Å². The smallest absolute Gasteiger partial charge is 0.151 e. The molecule has 0 spiro atoms. The molecule has 116 valence electrons. The molecule has 0 amide bonds. The molecular formula is C16H18Cl2N4. The van der Waals surface area contributed by atoms with Gasteiger partial charge in [0.25, 0.3) is 0 Å². The number of anilines is 1. The number of hydrogen-bond acceptors (Lipinski definition) is 4. The molecule has 0 aliphatic carbocycles. The Kier molecular flexibility index (Phi) is 4.81. The molecule has 0 atom stereocenters. The molecule has 0 N–H and O–H groups in total. The third-order valence-corrected chi connectivity index (χ3v) is 4.61. The number of piperazine rings is 1. The van der Waals surface area contributed by atoms with E-state index >= 15 is 0 Å². The summed E-state index contributed by atoms with van der Waals surface area (Å²) in [5.74, 6) is 0.958. The van der Waals surface area contributed by atoms with Gasteiger partial charge in [0, 0.05) is 32.7 Å². The first-order valence-corrected chi connectivity index (χ1v) is 8.09. The van der Waals surface area contributed by atoms with Crippen LogP contribution in [0.3, 0.4) is 0 Å². The Hall–Kier alpha value is -1.36. The zero-order valence-electron chi connectivity index (χ0n) is 12.5. The van der Waals surface area contributed by atoms with Crippen molar-refractivity contribution in [2.24, 2.45) is 0 Å². The van der Waals surface area contributed by atoms with Gasteiger partial charge in [0.1, 0.15) is 0 Å². The van der Waals surface area contributed by atoms with Crippen molar-refractivity contribution in [3.63, 3.8) is 0 Å². The molecule has 1 aromatic heterocycles. The van der Waals surface area contributed by atoms with Gasteiger partial charge in [-0.3, -0.25) is 4.90 Å². The highest BCUT2D eigenvalue weighted by atomic mass is 35.5. The van der Waals surface area contributed by atoms with Gasteiger partial charge in [0.05, 0.1) is 15.7 Å². The lowest BCUT2D eigenvalue weighted by atomic mass is 10.2. The summed E-state index contributed by atoms with van der Waals surface area (Å²) in [6.45, 7) is 6.75. The van der Waals surface area contributed by atoms with Crippen molar-refractivity contribution < 1.29 is 0 Å². The van der Waals surface area contributed by atoms with Crippen LogP contribution in [0.4, 0.5) is 5.82 Å². The summed E-state index contributed by atoms with van der Waals surface area (Å²) in [4.78, 5) is 4.69. The van der Waals surface area contributed by atoms with Crippen molar-refractivity contribution in [1.29, 1.82) is 0 Å². The molecule has 1 saturated heterocycles. The van der Waals surface area contributed by atoms with E-state index in [0.717, 1.165) is 44.2 Å². The van der Waals surface area contributed by atoms with Crippen molar-refractivity contribution in [1.82, 2.24) is 15.1 Å². The van der Waals surface area contributed by atoms with E-state index in [0.29, 0.717) is 10.0 Å². The molecule has 0 saturated carbocycles. The molecule has 1 aliphatic rings. The van der Waals surface area contributed by atoms with E-state index in [9.17, 15) is 0 Å². The highest BCUT2D eigenvalue weighted by Crippen LogP contribution is 2.23. The largest absolute Gasteiger partial charge is 0.353 e. The van der Waals surface area contributed by atoms with Crippen molar-refractivity contribution in [3.8, 4) is 0 Å². The van der Waals surface area contributed by atoms with Crippen LogP contribution in [0.25, 0.3) is 0 Å². The van der Waals surface area contributed by atoms with Crippen LogP contribution in [0.15, 0.2) is 30.3 Å². The number of benzene rings is 1. The predicted molar refractivity (Wildman–Crippen MR) is 90.7 cm³/mol. The molecule has 0 radical (unpaired) electrons. The van der Waals surface area contributed by atoms with Crippen LogP contribution in [0.1, 0.15) is 11.3 Å². The lowest BCUT2D eigenvalue weighted by Gasteiger charge is -2.35. The van der Waals surface area contributed by atoms with E-state index in [-0.39, 0.29) is 0 Å². The van der Waals surface area contributed by atoms with Crippen LogP contribution in [0.5, 0.6) is 0 Å². The number of aryl methyl sites for hydroxylation is 1. The number of hydrogen-bond donors (Lipinski definition) is 0. The zero-order chi connectivity index (χ0) is 15.5. The normalized spacial score (nSPS) is 16.0. The van der Waals surface area contributed by atoms with Crippen molar-refractivity contribution in [3.05, 3.63) is 51.6 Å². The Morgan fingerprint density at radius 2 is 1.73 bits per heavy atom. The zero-order valence-corrected chi connectivity index (χ0v) is 14.0. The maximum atomic E-state index is 6.07. The molecule has 6 heteroatoms. The van der Waals surface area contributed by atoms with Crippen LogP contribution in [0.2, 0.25) is 10.0 Å².